The zero-order valence-electron chi connectivity index (χ0n) is 7.70. The zero-order valence-corrected chi connectivity index (χ0v) is 7.70. The van der Waals surface area contributed by atoms with Gasteiger partial charge in [-0.1, -0.05) is 6.07 Å². The number of phenols is 2. The van der Waals surface area contributed by atoms with E-state index in [4.69, 9.17) is 15.6 Å². The molecule has 5 N–H and O–H groups in total. The molecule has 0 atom stereocenters. The molecule has 0 aliphatic rings. The van der Waals surface area contributed by atoms with Crippen LogP contribution in [0.1, 0.15) is 11.1 Å². The van der Waals surface area contributed by atoms with Crippen molar-refractivity contribution >= 4 is 6.34 Å². The lowest BCUT2D eigenvalue weighted by Crippen LogP contribution is -1.81. The SMILES string of the molecule is Cc1cc(C)c(O)c(O)c1.N=CN. The van der Waals surface area contributed by atoms with Gasteiger partial charge >= 0.3 is 0 Å². The Morgan fingerprint density at radius 2 is 1.77 bits per heavy atom. The summed E-state index contributed by atoms with van der Waals surface area (Å²) in [7, 11) is 0. The molecule has 72 valence electrons. The summed E-state index contributed by atoms with van der Waals surface area (Å²) in [4.78, 5) is 0. The first-order valence-corrected chi connectivity index (χ1v) is 3.72. The number of phenolic OH excluding ortho intramolecular Hbond substituents is 2. The molecule has 0 spiro atoms. The second-order valence-corrected chi connectivity index (χ2v) is 2.62. The molecular weight excluding hydrogens is 168 g/mol. The number of rotatable bonds is 0. The summed E-state index contributed by atoms with van der Waals surface area (Å²) in [5.74, 6) is -0.0666. The molecule has 0 aliphatic carbocycles. The molecule has 4 nitrogen and oxygen atoms in total. The van der Waals surface area contributed by atoms with Crippen LogP contribution in [0, 0.1) is 19.3 Å². The fourth-order valence-electron chi connectivity index (χ4n) is 0.938. The van der Waals surface area contributed by atoms with Crippen molar-refractivity contribution in [3.05, 3.63) is 23.3 Å². The van der Waals surface area contributed by atoms with Crippen molar-refractivity contribution in [2.75, 3.05) is 0 Å². The quantitative estimate of drug-likeness (QED) is 0.276. The number of nitrogens with one attached hydrogen (secondary N) is 1. The minimum Gasteiger partial charge on any atom is -0.504 e. The van der Waals surface area contributed by atoms with E-state index in [1.165, 1.54) is 6.07 Å². The number of hydrogen-bond donors (Lipinski definition) is 4. The van der Waals surface area contributed by atoms with Gasteiger partial charge in [-0.3, -0.25) is 5.41 Å². The highest BCUT2D eigenvalue weighted by atomic mass is 16.3. The average molecular weight is 182 g/mol. The molecule has 1 aromatic carbocycles. The van der Waals surface area contributed by atoms with Crippen LogP contribution in [0.25, 0.3) is 0 Å². The van der Waals surface area contributed by atoms with Crippen molar-refractivity contribution in [3.63, 3.8) is 0 Å². The normalized spacial score (nSPS) is 8.46. The number of aromatic hydroxyl groups is 2. The van der Waals surface area contributed by atoms with Gasteiger partial charge in [0.25, 0.3) is 0 Å². The van der Waals surface area contributed by atoms with Gasteiger partial charge < -0.3 is 15.9 Å². The van der Waals surface area contributed by atoms with Gasteiger partial charge in [-0.2, -0.15) is 0 Å². The van der Waals surface area contributed by atoms with Gasteiger partial charge in [0.2, 0.25) is 0 Å². The van der Waals surface area contributed by atoms with E-state index in [1.807, 2.05) is 13.0 Å². The monoisotopic (exact) mass is 182 g/mol. The van der Waals surface area contributed by atoms with E-state index < -0.39 is 0 Å². The van der Waals surface area contributed by atoms with Crippen LogP contribution >= 0.6 is 0 Å². The molecule has 4 heteroatoms. The van der Waals surface area contributed by atoms with Crippen LogP contribution < -0.4 is 5.73 Å². The zero-order chi connectivity index (χ0) is 10.4. The lowest BCUT2D eigenvalue weighted by molar-refractivity contribution is 0.400. The maximum atomic E-state index is 9.08. The fraction of sp³-hybridized carbons (Fsp3) is 0.222. The minimum atomic E-state index is -0.0440. The Kier molecular flexibility index (Phi) is 4.37. The second kappa shape index (κ2) is 5.03. The van der Waals surface area contributed by atoms with Gasteiger partial charge in [-0.15, -0.1) is 0 Å². The van der Waals surface area contributed by atoms with Crippen molar-refractivity contribution in [1.82, 2.24) is 0 Å². The molecule has 0 bridgehead atoms. The van der Waals surface area contributed by atoms with Gasteiger partial charge in [0.15, 0.2) is 11.5 Å². The van der Waals surface area contributed by atoms with Gasteiger partial charge in [-0.05, 0) is 31.0 Å². The highest BCUT2D eigenvalue weighted by Gasteiger charge is 2.01. The van der Waals surface area contributed by atoms with Crippen LogP contribution in [0.4, 0.5) is 0 Å². The summed E-state index contributed by atoms with van der Waals surface area (Å²) < 4.78 is 0. The topological polar surface area (TPSA) is 90.3 Å². The molecule has 0 heterocycles. The molecule has 0 saturated carbocycles. The predicted octanol–water partition coefficient (Wildman–Crippen LogP) is 1.27. The van der Waals surface area contributed by atoms with Crippen molar-refractivity contribution in [1.29, 1.82) is 5.41 Å². The fourth-order valence-corrected chi connectivity index (χ4v) is 0.938. The van der Waals surface area contributed by atoms with Crippen LogP contribution in [0.2, 0.25) is 0 Å². The van der Waals surface area contributed by atoms with Gasteiger partial charge in [0, 0.05) is 0 Å². The Hall–Kier alpha value is -1.71. The second-order valence-electron chi connectivity index (χ2n) is 2.62. The third-order valence-electron chi connectivity index (χ3n) is 1.42. The first-order chi connectivity index (χ1) is 6.02. The molecule has 0 radical (unpaired) electrons. The molecule has 1 aromatic rings. The van der Waals surface area contributed by atoms with Crippen molar-refractivity contribution < 1.29 is 10.2 Å². The Labute approximate surface area is 77.1 Å². The van der Waals surface area contributed by atoms with Crippen LogP contribution in [-0.4, -0.2) is 16.6 Å². The molecule has 0 aliphatic heterocycles. The first kappa shape index (κ1) is 11.3. The van der Waals surface area contributed by atoms with E-state index in [0.29, 0.717) is 5.56 Å². The molecule has 13 heavy (non-hydrogen) atoms. The number of hydrogen-bond acceptors (Lipinski definition) is 3. The van der Waals surface area contributed by atoms with Crippen LogP contribution in [-0.2, 0) is 0 Å². The number of nitrogens with two attached hydrogens (primary N) is 1. The summed E-state index contributed by atoms with van der Waals surface area (Å²) in [5.41, 5.74) is 6.05. The third kappa shape index (κ3) is 3.46. The van der Waals surface area contributed by atoms with Gasteiger partial charge in [-0.25, -0.2) is 0 Å². The van der Waals surface area contributed by atoms with Crippen molar-refractivity contribution in [2.24, 2.45) is 5.73 Å². The average Bonchev–Trinajstić information content (AvgIpc) is 2.01. The molecule has 0 fully saturated rings. The first-order valence-electron chi connectivity index (χ1n) is 3.72. The van der Waals surface area contributed by atoms with Crippen LogP contribution in [0.5, 0.6) is 11.5 Å². The summed E-state index contributed by atoms with van der Waals surface area (Å²) in [6, 6.07) is 3.34. The van der Waals surface area contributed by atoms with E-state index in [2.05, 4.69) is 5.73 Å². The lowest BCUT2D eigenvalue weighted by atomic mass is 10.1. The molecule has 0 unspecified atom stereocenters. The van der Waals surface area contributed by atoms with E-state index in [0.717, 1.165) is 11.9 Å². The van der Waals surface area contributed by atoms with Crippen LogP contribution in [0.3, 0.4) is 0 Å². The Morgan fingerprint density at radius 3 is 2.15 bits per heavy atom. The smallest absolute Gasteiger partial charge is 0.160 e. The lowest BCUT2D eigenvalue weighted by Gasteiger charge is -2.01. The third-order valence-corrected chi connectivity index (χ3v) is 1.42. The number of benzene rings is 1. The number of aryl methyl sites for hydroxylation is 2. The Balaban J connectivity index is 0.000000424. The summed E-state index contributed by atoms with van der Waals surface area (Å²) >= 11 is 0. The van der Waals surface area contributed by atoms with Gasteiger partial charge in [0.1, 0.15) is 0 Å². The molecule has 0 saturated heterocycles. The van der Waals surface area contributed by atoms with Crippen molar-refractivity contribution in [2.45, 2.75) is 13.8 Å². The van der Waals surface area contributed by atoms with Crippen LogP contribution in [0.15, 0.2) is 12.1 Å². The van der Waals surface area contributed by atoms with E-state index in [9.17, 15) is 0 Å². The highest BCUT2D eigenvalue weighted by Crippen LogP contribution is 2.28. The largest absolute Gasteiger partial charge is 0.504 e. The van der Waals surface area contributed by atoms with E-state index in [-0.39, 0.29) is 11.5 Å². The van der Waals surface area contributed by atoms with Gasteiger partial charge in [0.05, 0.1) is 6.34 Å². The predicted molar refractivity (Wildman–Crippen MR) is 52.2 cm³/mol. The molecule has 0 amide bonds. The molecular formula is C9H14N2O2. The molecule has 0 aromatic heterocycles. The van der Waals surface area contributed by atoms with Crippen molar-refractivity contribution in [3.8, 4) is 11.5 Å². The Morgan fingerprint density at radius 1 is 1.31 bits per heavy atom. The summed E-state index contributed by atoms with van der Waals surface area (Å²) in [6.07, 6.45) is 0.750. The van der Waals surface area contributed by atoms with E-state index >= 15 is 0 Å². The minimum absolute atomic E-state index is 0.0226. The summed E-state index contributed by atoms with van der Waals surface area (Å²) in [6.45, 7) is 3.62. The molecule has 1 rings (SSSR count). The highest BCUT2D eigenvalue weighted by molar-refractivity contribution is 5.46. The summed E-state index contributed by atoms with van der Waals surface area (Å²) in [5, 5.41) is 24.0. The maximum Gasteiger partial charge on any atom is 0.160 e. The van der Waals surface area contributed by atoms with E-state index in [1.54, 1.807) is 6.92 Å². The Bertz CT molecular complexity index is 275. The standard InChI is InChI=1S/C8H10O2.CH4N2/c1-5-3-6(2)8(10)7(9)4-5;2-1-3/h3-4,9-10H,1-2H3;1H,(H3,2,3). The maximum absolute atomic E-state index is 9.08.